The van der Waals surface area contributed by atoms with Gasteiger partial charge in [0.15, 0.2) is 6.61 Å². The van der Waals surface area contributed by atoms with Crippen molar-refractivity contribution in [1.82, 2.24) is 5.32 Å². The Morgan fingerprint density at radius 1 is 1.19 bits per heavy atom. The number of halogens is 2. The number of hydrogen-bond donors (Lipinski definition) is 1. The van der Waals surface area contributed by atoms with E-state index in [0.717, 1.165) is 10.4 Å². The second-order valence-electron chi connectivity index (χ2n) is 6.28. The lowest BCUT2D eigenvalue weighted by Crippen LogP contribution is -2.31. The van der Waals surface area contributed by atoms with Crippen molar-refractivity contribution in [3.05, 3.63) is 70.7 Å². The maximum atomic E-state index is 13.3. The molecule has 2 aromatic rings. The number of nitrogens with zero attached hydrogens (tertiary/aromatic N) is 2. The maximum absolute atomic E-state index is 13.3. The fraction of sp³-hybridized carbons (Fsp3) is 0.190. The molecule has 0 aliphatic carbocycles. The highest BCUT2D eigenvalue weighted by Gasteiger charge is 2.28. The number of sulfonamides is 1. The number of amides is 1. The van der Waals surface area contributed by atoms with Gasteiger partial charge in [0.1, 0.15) is 4.90 Å². The molecule has 0 aliphatic rings. The number of esters is 1. The lowest BCUT2D eigenvalue weighted by Gasteiger charge is -2.24. The quantitative estimate of drug-likeness (QED) is 0.306. The fourth-order valence-electron chi connectivity index (χ4n) is 2.54. The van der Waals surface area contributed by atoms with Gasteiger partial charge in [-0.15, -0.1) is 6.58 Å². The van der Waals surface area contributed by atoms with Crippen molar-refractivity contribution in [2.24, 2.45) is 0 Å². The normalized spacial score (nSPS) is 10.7. The summed E-state index contributed by atoms with van der Waals surface area (Å²) in [5.41, 5.74) is 0.222. The highest BCUT2D eigenvalue weighted by Crippen LogP contribution is 2.30. The Labute approximate surface area is 196 Å². The molecule has 0 radical (unpaired) electrons. The minimum Gasteiger partial charge on any atom is -0.452 e. The molecule has 1 amide bonds. The molecule has 0 unspecified atom stereocenters. The van der Waals surface area contributed by atoms with Crippen LogP contribution < -0.4 is 9.62 Å². The first-order valence-corrected chi connectivity index (χ1v) is 11.4. The number of nitrogens with one attached hydrogen (secondary N) is 1. The molecule has 0 bridgehead atoms. The van der Waals surface area contributed by atoms with Crippen LogP contribution in [0.3, 0.4) is 0 Å². The summed E-state index contributed by atoms with van der Waals surface area (Å²) in [7, 11) is -4.19. The molecular weight excluding hydrogens is 477 g/mol. The number of ether oxygens (including phenoxy) is 1. The van der Waals surface area contributed by atoms with Crippen LogP contribution in [0.5, 0.6) is 0 Å². The Hall–Kier alpha value is -3.06. The van der Waals surface area contributed by atoms with Gasteiger partial charge in [-0.05, 0) is 42.5 Å². The predicted octanol–water partition coefficient (Wildman–Crippen LogP) is 3.56. The van der Waals surface area contributed by atoms with Crippen molar-refractivity contribution in [2.75, 3.05) is 24.0 Å². The van der Waals surface area contributed by atoms with E-state index < -0.39 is 28.5 Å². The number of anilines is 1. The van der Waals surface area contributed by atoms with Crippen LogP contribution in [-0.2, 0) is 19.6 Å². The summed E-state index contributed by atoms with van der Waals surface area (Å²) in [5.74, 6) is -1.49. The maximum Gasteiger partial charge on any atom is 0.338 e. The zero-order valence-corrected chi connectivity index (χ0v) is 19.1. The van der Waals surface area contributed by atoms with Crippen LogP contribution in [0.4, 0.5) is 5.69 Å². The predicted molar refractivity (Wildman–Crippen MR) is 121 cm³/mol. The summed E-state index contributed by atoms with van der Waals surface area (Å²) < 4.78 is 32.7. The number of hydrogen-bond acceptors (Lipinski definition) is 6. The van der Waals surface area contributed by atoms with Gasteiger partial charge in [-0.3, -0.25) is 9.10 Å². The van der Waals surface area contributed by atoms with Crippen LogP contribution in [0.15, 0.2) is 60.0 Å². The highest BCUT2D eigenvalue weighted by atomic mass is 35.5. The van der Waals surface area contributed by atoms with Gasteiger partial charge in [0, 0.05) is 11.6 Å². The summed E-state index contributed by atoms with van der Waals surface area (Å²) in [6.07, 6.45) is 1.52. The molecule has 0 aliphatic heterocycles. The van der Waals surface area contributed by atoms with Crippen molar-refractivity contribution in [3.8, 4) is 6.07 Å². The molecule has 0 saturated carbocycles. The molecule has 0 spiro atoms. The third-order valence-corrected chi connectivity index (χ3v) is 6.57. The van der Waals surface area contributed by atoms with Gasteiger partial charge in [-0.25, -0.2) is 13.2 Å². The Balaban J connectivity index is 2.28. The zero-order chi connectivity index (χ0) is 23.7. The van der Waals surface area contributed by atoms with E-state index in [-0.39, 0.29) is 35.0 Å². The number of rotatable bonds is 10. The Bertz CT molecular complexity index is 1150. The molecule has 0 atom stereocenters. The summed E-state index contributed by atoms with van der Waals surface area (Å²) >= 11 is 12.0. The SMILES string of the molecule is C=CCN(c1ccc(Cl)cc1)S(=O)(=O)c1cc(C(=O)OCC(=O)NCCC#N)ccc1Cl. The van der Waals surface area contributed by atoms with Crippen molar-refractivity contribution in [3.63, 3.8) is 0 Å². The summed E-state index contributed by atoms with van der Waals surface area (Å²) in [6.45, 7) is 3.08. The molecule has 8 nitrogen and oxygen atoms in total. The van der Waals surface area contributed by atoms with Gasteiger partial charge >= 0.3 is 5.97 Å². The van der Waals surface area contributed by atoms with Gasteiger partial charge < -0.3 is 10.1 Å². The first-order chi connectivity index (χ1) is 15.2. The second kappa shape index (κ2) is 11.5. The molecule has 0 heterocycles. The molecule has 2 rings (SSSR count). The van der Waals surface area contributed by atoms with E-state index in [1.807, 2.05) is 6.07 Å². The molecular formula is C21H19Cl2N3O5S. The van der Waals surface area contributed by atoms with Crippen LogP contribution in [0.2, 0.25) is 10.0 Å². The average molecular weight is 496 g/mol. The van der Waals surface area contributed by atoms with Gasteiger partial charge in [-0.2, -0.15) is 5.26 Å². The van der Waals surface area contributed by atoms with E-state index in [1.54, 1.807) is 12.1 Å². The number of benzene rings is 2. The lowest BCUT2D eigenvalue weighted by molar-refractivity contribution is -0.124. The standard InChI is InChI=1S/C21H19Cl2N3O5S/c1-2-12-26(17-7-5-16(22)6-8-17)32(29,30)19-13-15(4-9-18(19)23)21(28)31-14-20(27)25-11-3-10-24/h2,4-9,13H,1,3,11-12,14H2,(H,25,27). The van der Waals surface area contributed by atoms with Crippen molar-refractivity contribution in [1.29, 1.82) is 5.26 Å². The first-order valence-electron chi connectivity index (χ1n) is 9.20. The lowest BCUT2D eigenvalue weighted by atomic mass is 10.2. The molecule has 1 N–H and O–H groups in total. The Morgan fingerprint density at radius 3 is 2.50 bits per heavy atom. The Kier molecular flexibility index (Phi) is 9.08. The molecule has 11 heteroatoms. The number of carbonyl (C=O) groups is 2. The average Bonchev–Trinajstić information content (AvgIpc) is 2.77. The zero-order valence-electron chi connectivity index (χ0n) is 16.8. The van der Waals surface area contributed by atoms with Crippen molar-refractivity contribution < 1.29 is 22.7 Å². The minimum atomic E-state index is -4.19. The van der Waals surface area contributed by atoms with Gasteiger partial charge in [0.2, 0.25) is 0 Å². The van der Waals surface area contributed by atoms with Gasteiger partial charge in [-0.1, -0.05) is 29.3 Å². The summed E-state index contributed by atoms with van der Waals surface area (Å²) in [6, 6.07) is 11.6. The smallest absolute Gasteiger partial charge is 0.338 e. The van der Waals surface area contributed by atoms with E-state index in [9.17, 15) is 18.0 Å². The topological polar surface area (TPSA) is 117 Å². The fourth-order valence-corrected chi connectivity index (χ4v) is 4.60. The first kappa shape index (κ1) is 25.2. The molecule has 32 heavy (non-hydrogen) atoms. The van der Waals surface area contributed by atoms with Crippen LogP contribution >= 0.6 is 23.2 Å². The van der Waals surface area contributed by atoms with Crippen LogP contribution in [0, 0.1) is 11.3 Å². The van der Waals surface area contributed by atoms with Crippen molar-refractivity contribution in [2.45, 2.75) is 11.3 Å². The Morgan fingerprint density at radius 2 is 1.88 bits per heavy atom. The molecule has 0 saturated heterocycles. The van der Waals surface area contributed by atoms with E-state index in [0.29, 0.717) is 10.7 Å². The largest absolute Gasteiger partial charge is 0.452 e. The van der Waals surface area contributed by atoms with Gasteiger partial charge in [0.25, 0.3) is 15.9 Å². The van der Waals surface area contributed by atoms with Crippen molar-refractivity contribution >= 4 is 50.8 Å². The van der Waals surface area contributed by atoms with Crippen LogP contribution in [-0.4, -0.2) is 40.0 Å². The summed E-state index contributed by atoms with van der Waals surface area (Å²) in [5, 5.41) is 11.2. The molecule has 0 aromatic heterocycles. The molecule has 2 aromatic carbocycles. The number of carbonyl (C=O) groups excluding carboxylic acids is 2. The third kappa shape index (κ3) is 6.47. The monoisotopic (exact) mass is 495 g/mol. The van der Waals surface area contributed by atoms with Gasteiger partial charge in [0.05, 0.1) is 35.3 Å². The molecule has 0 fully saturated rings. The summed E-state index contributed by atoms with van der Waals surface area (Å²) in [4.78, 5) is 23.7. The third-order valence-electron chi connectivity index (χ3n) is 4.04. The molecule has 168 valence electrons. The van der Waals surface area contributed by atoms with Crippen LogP contribution in [0.1, 0.15) is 16.8 Å². The van der Waals surface area contributed by atoms with Crippen LogP contribution in [0.25, 0.3) is 0 Å². The number of nitriles is 1. The second-order valence-corrected chi connectivity index (χ2v) is 8.96. The van der Waals surface area contributed by atoms with E-state index in [1.165, 1.54) is 30.3 Å². The van der Waals surface area contributed by atoms with E-state index >= 15 is 0 Å². The van der Waals surface area contributed by atoms with E-state index in [4.69, 9.17) is 33.2 Å². The highest BCUT2D eigenvalue weighted by molar-refractivity contribution is 7.93. The van der Waals surface area contributed by atoms with E-state index in [2.05, 4.69) is 11.9 Å². The minimum absolute atomic E-state index is 0.0577.